The third kappa shape index (κ3) is 4.85. The molecule has 1 aromatic carbocycles. The van der Waals surface area contributed by atoms with Gasteiger partial charge in [0, 0.05) is 17.5 Å². The van der Waals surface area contributed by atoms with Crippen molar-refractivity contribution in [2.75, 3.05) is 23.4 Å². The predicted molar refractivity (Wildman–Crippen MR) is 79.8 cm³/mol. The highest BCUT2D eigenvalue weighted by atomic mass is 32.2. The zero-order valence-electron chi connectivity index (χ0n) is 12.0. The molecule has 1 N–H and O–H groups in total. The SMILES string of the molecule is CCOC(=O)c1ccccc1NC(C)CS(=O)(=O)CC. The molecular weight excluding hydrogens is 278 g/mol. The van der Waals surface area contributed by atoms with Crippen LogP contribution in [0.5, 0.6) is 0 Å². The molecule has 1 rings (SSSR count). The van der Waals surface area contributed by atoms with Crippen LogP contribution in [0.1, 0.15) is 31.1 Å². The number of sulfone groups is 1. The number of esters is 1. The van der Waals surface area contributed by atoms with Gasteiger partial charge in [0.05, 0.1) is 17.9 Å². The van der Waals surface area contributed by atoms with Gasteiger partial charge in [-0.1, -0.05) is 19.1 Å². The van der Waals surface area contributed by atoms with Crippen molar-refractivity contribution in [1.29, 1.82) is 0 Å². The van der Waals surface area contributed by atoms with Gasteiger partial charge in [0.15, 0.2) is 9.84 Å². The van der Waals surface area contributed by atoms with E-state index in [4.69, 9.17) is 4.74 Å². The summed E-state index contributed by atoms with van der Waals surface area (Å²) >= 11 is 0. The summed E-state index contributed by atoms with van der Waals surface area (Å²) in [4.78, 5) is 11.8. The first-order valence-corrected chi connectivity index (χ1v) is 8.44. The van der Waals surface area contributed by atoms with Gasteiger partial charge in [-0.3, -0.25) is 0 Å². The van der Waals surface area contributed by atoms with Crippen LogP contribution in [0.3, 0.4) is 0 Å². The third-order valence-corrected chi connectivity index (χ3v) is 4.66. The van der Waals surface area contributed by atoms with E-state index in [9.17, 15) is 13.2 Å². The maximum atomic E-state index is 11.8. The smallest absolute Gasteiger partial charge is 0.340 e. The van der Waals surface area contributed by atoms with E-state index in [1.165, 1.54) is 0 Å². The van der Waals surface area contributed by atoms with Gasteiger partial charge >= 0.3 is 5.97 Å². The molecule has 0 saturated carbocycles. The Morgan fingerprint density at radius 3 is 2.55 bits per heavy atom. The fourth-order valence-electron chi connectivity index (χ4n) is 1.80. The molecule has 0 spiro atoms. The van der Waals surface area contributed by atoms with Crippen LogP contribution < -0.4 is 5.32 Å². The molecule has 20 heavy (non-hydrogen) atoms. The van der Waals surface area contributed by atoms with Crippen LogP contribution in [0, 0.1) is 0 Å². The average molecular weight is 299 g/mol. The summed E-state index contributed by atoms with van der Waals surface area (Å²) in [5.74, 6) is -0.278. The molecule has 112 valence electrons. The molecule has 0 radical (unpaired) electrons. The van der Waals surface area contributed by atoms with Gasteiger partial charge in [0.1, 0.15) is 0 Å². The van der Waals surface area contributed by atoms with Crippen molar-refractivity contribution >= 4 is 21.5 Å². The Hall–Kier alpha value is -1.56. The summed E-state index contributed by atoms with van der Waals surface area (Å²) in [7, 11) is -3.06. The number of para-hydroxylation sites is 1. The first-order chi connectivity index (χ1) is 9.39. The summed E-state index contributed by atoms with van der Waals surface area (Å²) in [6.45, 7) is 5.43. The number of benzene rings is 1. The Bertz CT molecular complexity index is 554. The standard InChI is InChI=1S/C14H21NO4S/c1-4-19-14(16)12-8-6-7-9-13(12)15-11(3)10-20(17,18)5-2/h6-9,11,15H,4-5,10H2,1-3H3. The molecule has 5 nitrogen and oxygen atoms in total. The van der Waals surface area contributed by atoms with Crippen molar-refractivity contribution in [2.24, 2.45) is 0 Å². The number of anilines is 1. The monoisotopic (exact) mass is 299 g/mol. The summed E-state index contributed by atoms with van der Waals surface area (Å²) in [6.07, 6.45) is 0. The van der Waals surface area contributed by atoms with E-state index in [0.717, 1.165) is 0 Å². The minimum absolute atomic E-state index is 0.0284. The van der Waals surface area contributed by atoms with E-state index in [1.54, 1.807) is 45.0 Å². The molecule has 0 aliphatic carbocycles. The van der Waals surface area contributed by atoms with Crippen molar-refractivity contribution in [2.45, 2.75) is 26.8 Å². The summed E-state index contributed by atoms with van der Waals surface area (Å²) in [6, 6.07) is 6.63. The maximum absolute atomic E-state index is 11.8. The largest absolute Gasteiger partial charge is 0.462 e. The Kier molecular flexibility index (Phi) is 6.01. The number of carbonyl (C=O) groups excluding carboxylic acids is 1. The average Bonchev–Trinajstić information content (AvgIpc) is 2.39. The summed E-state index contributed by atoms with van der Waals surface area (Å²) < 4.78 is 28.2. The molecule has 0 heterocycles. The lowest BCUT2D eigenvalue weighted by Crippen LogP contribution is -2.27. The second kappa shape index (κ2) is 7.28. The molecule has 0 fully saturated rings. The Morgan fingerprint density at radius 1 is 1.30 bits per heavy atom. The third-order valence-electron chi connectivity index (χ3n) is 2.77. The fourth-order valence-corrected chi connectivity index (χ4v) is 2.88. The first-order valence-electron chi connectivity index (χ1n) is 6.62. The number of hydrogen-bond donors (Lipinski definition) is 1. The van der Waals surface area contributed by atoms with Gasteiger partial charge in [0.25, 0.3) is 0 Å². The van der Waals surface area contributed by atoms with Crippen LogP contribution in [0.15, 0.2) is 24.3 Å². The summed E-state index contributed by atoms with van der Waals surface area (Å²) in [5, 5.41) is 3.06. The van der Waals surface area contributed by atoms with Crippen molar-refractivity contribution in [3.05, 3.63) is 29.8 Å². The van der Waals surface area contributed by atoms with Crippen LogP contribution in [0.4, 0.5) is 5.69 Å². The molecule has 0 aromatic heterocycles. The number of nitrogens with one attached hydrogen (secondary N) is 1. The molecular formula is C14H21NO4S. The van der Waals surface area contributed by atoms with E-state index < -0.39 is 15.8 Å². The van der Waals surface area contributed by atoms with Crippen LogP contribution in [-0.4, -0.2) is 38.5 Å². The Labute approximate surface area is 120 Å². The number of rotatable bonds is 7. The highest BCUT2D eigenvalue weighted by Gasteiger charge is 2.17. The second-order valence-corrected chi connectivity index (χ2v) is 6.91. The van der Waals surface area contributed by atoms with E-state index in [-0.39, 0.29) is 17.5 Å². The number of carbonyl (C=O) groups is 1. The zero-order chi connectivity index (χ0) is 15.2. The minimum Gasteiger partial charge on any atom is -0.462 e. The number of hydrogen-bond acceptors (Lipinski definition) is 5. The first kappa shape index (κ1) is 16.5. The highest BCUT2D eigenvalue weighted by Crippen LogP contribution is 2.17. The normalized spacial score (nSPS) is 12.8. The molecule has 1 unspecified atom stereocenters. The van der Waals surface area contributed by atoms with Crippen molar-refractivity contribution in [3.8, 4) is 0 Å². The van der Waals surface area contributed by atoms with Crippen molar-refractivity contribution in [3.63, 3.8) is 0 Å². The molecule has 1 atom stereocenters. The Balaban J connectivity index is 2.85. The van der Waals surface area contributed by atoms with Gasteiger partial charge in [-0.05, 0) is 26.0 Å². The van der Waals surface area contributed by atoms with Gasteiger partial charge in [0.2, 0.25) is 0 Å². The summed E-state index contributed by atoms with van der Waals surface area (Å²) in [5.41, 5.74) is 1.000. The topological polar surface area (TPSA) is 72.5 Å². The lowest BCUT2D eigenvalue weighted by atomic mass is 10.1. The highest BCUT2D eigenvalue weighted by molar-refractivity contribution is 7.91. The van der Waals surface area contributed by atoms with E-state index >= 15 is 0 Å². The van der Waals surface area contributed by atoms with E-state index in [2.05, 4.69) is 5.32 Å². The minimum atomic E-state index is -3.06. The van der Waals surface area contributed by atoms with Gasteiger partial charge in [-0.15, -0.1) is 0 Å². The lowest BCUT2D eigenvalue weighted by Gasteiger charge is -2.17. The quantitative estimate of drug-likeness (QED) is 0.781. The molecule has 0 aliphatic rings. The van der Waals surface area contributed by atoms with Gasteiger partial charge in [-0.2, -0.15) is 0 Å². The van der Waals surface area contributed by atoms with Gasteiger partial charge < -0.3 is 10.1 Å². The van der Waals surface area contributed by atoms with Crippen LogP contribution >= 0.6 is 0 Å². The lowest BCUT2D eigenvalue weighted by molar-refractivity contribution is 0.0527. The second-order valence-electron chi connectivity index (χ2n) is 4.51. The van der Waals surface area contributed by atoms with E-state index in [1.807, 2.05) is 0 Å². The molecule has 6 heteroatoms. The van der Waals surface area contributed by atoms with Crippen LogP contribution in [0.2, 0.25) is 0 Å². The zero-order valence-corrected chi connectivity index (χ0v) is 12.9. The van der Waals surface area contributed by atoms with Crippen molar-refractivity contribution < 1.29 is 17.9 Å². The molecule has 0 aliphatic heterocycles. The van der Waals surface area contributed by atoms with Crippen molar-refractivity contribution in [1.82, 2.24) is 0 Å². The maximum Gasteiger partial charge on any atom is 0.340 e. The molecule has 0 bridgehead atoms. The molecule has 0 saturated heterocycles. The Morgan fingerprint density at radius 2 is 1.95 bits per heavy atom. The number of ether oxygens (including phenoxy) is 1. The van der Waals surface area contributed by atoms with Crippen LogP contribution in [0.25, 0.3) is 0 Å². The van der Waals surface area contributed by atoms with Gasteiger partial charge in [-0.25, -0.2) is 13.2 Å². The fraction of sp³-hybridized carbons (Fsp3) is 0.500. The van der Waals surface area contributed by atoms with Crippen LogP contribution in [-0.2, 0) is 14.6 Å². The molecule has 1 aromatic rings. The molecule has 0 amide bonds. The predicted octanol–water partition coefficient (Wildman–Crippen LogP) is 2.10. The van der Waals surface area contributed by atoms with E-state index in [0.29, 0.717) is 17.9 Å².